The molecular weight excluding hydrogens is 364 g/mol. The fraction of sp³-hybridized carbons (Fsp3) is 0.650. The Bertz CT molecular complexity index is 794. The lowest BCUT2D eigenvalue weighted by Crippen LogP contribution is -2.50. The monoisotopic (exact) mass is 392 g/mol. The third-order valence-corrected chi connectivity index (χ3v) is 7.90. The Hall–Kier alpha value is -1.44. The molecule has 0 bridgehead atoms. The summed E-state index contributed by atoms with van der Waals surface area (Å²) < 4.78 is 33.0. The van der Waals surface area contributed by atoms with Crippen LogP contribution in [0.2, 0.25) is 0 Å². The number of nitrogens with zero attached hydrogens (tertiary/aromatic N) is 2. The van der Waals surface area contributed by atoms with Gasteiger partial charge in [-0.2, -0.15) is 4.31 Å². The minimum absolute atomic E-state index is 0.111. The zero-order valence-corrected chi connectivity index (χ0v) is 16.5. The normalized spacial score (nSPS) is 23.6. The van der Waals surface area contributed by atoms with Gasteiger partial charge in [0, 0.05) is 39.2 Å². The van der Waals surface area contributed by atoms with Crippen molar-refractivity contribution < 1.29 is 17.9 Å². The van der Waals surface area contributed by atoms with E-state index in [1.165, 1.54) is 15.4 Å². The molecule has 2 heterocycles. The van der Waals surface area contributed by atoms with Crippen molar-refractivity contribution in [2.24, 2.45) is 0 Å². The van der Waals surface area contributed by atoms with E-state index >= 15 is 0 Å². The predicted octanol–water partition coefficient (Wildman–Crippen LogP) is 1.97. The van der Waals surface area contributed by atoms with Gasteiger partial charge in [-0.05, 0) is 61.8 Å². The van der Waals surface area contributed by atoms with Crippen LogP contribution in [0.1, 0.15) is 43.2 Å². The highest BCUT2D eigenvalue weighted by atomic mass is 32.2. The number of carbonyl (C=O) groups is 1. The number of rotatable bonds is 5. The van der Waals surface area contributed by atoms with Gasteiger partial charge in [-0.15, -0.1) is 0 Å². The van der Waals surface area contributed by atoms with Crippen molar-refractivity contribution in [3.8, 4) is 0 Å². The minimum Gasteiger partial charge on any atom is -0.378 e. The summed E-state index contributed by atoms with van der Waals surface area (Å²) in [5.41, 5.74) is 2.44. The molecule has 1 aliphatic carbocycles. The van der Waals surface area contributed by atoms with Crippen LogP contribution < -0.4 is 0 Å². The summed E-state index contributed by atoms with van der Waals surface area (Å²) in [6.07, 6.45) is 6.71. The number of hydrogen-bond donors (Lipinski definition) is 0. The lowest BCUT2D eigenvalue weighted by Gasteiger charge is -2.34. The lowest BCUT2D eigenvalue weighted by molar-refractivity contribution is -0.133. The van der Waals surface area contributed by atoms with Gasteiger partial charge >= 0.3 is 0 Å². The van der Waals surface area contributed by atoms with E-state index in [1.807, 2.05) is 12.1 Å². The molecule has 2 saturated heterocycles. The Morgan fingerprint density at radius 1 is 1.07 bits per heavy atom. The number of fused-ring (bicyclic) bond motifs is 1. The van der Waals surface area contributed by atoms with Crippen LogP contribution in [0.25, 0.3) is 0 Å². The van der Waals surface area contributed by atoms with Gasteiger partial charge in [0.15, 0.2) is 0 Å². The summed E-state index contributed by atoms with van der Waals surface area (Å²) in [4.78, 5) is 14.6. The van der Waals surface area contributed by atoms with E-state index in [9.17, 15) is 13.2 Å². The van der Waals surface area contributed by atoms with Crippen LogP contribution in [-0.4, -0.2) is 62.4 Å². The molecule has 1 unspecified atom stereocenters. The second kappa shape index (κ2) is 7.89. The highest BCUT2D eigenvalue weighted by molar-refractivity contribution is 7.89. The minimum atomic E-state index is -3.48. The summed E-state index contributed by atoms with van der Waals surface area (Å²) in [5, 5.41) is 0. The van der Waals surface area contributed by atoms with Gasteiger partial charge in [0.25, 0.3) is 0 Å². The van der Waals surface area contributed by atoms with Crippen LogP contribution in [-0.2, 0) is 32.4 Å². The molecule has 1 aromatic rings. The number of sulfonamides is 1. The number of carbonyl (C=O) groups excluding carboxylic acids is 1. The van der Waals surface area contributed by atoms with E-state index in [1.54, 1.807) is 11.0 Å². The fourth-order valence-electron chi connectivity index (χ4n) is 4.35. The lowest BCUT2D eigenvalue weighted by atomic mass is 10.1. The number of ether oxygens (including phenoxy) is 1. The summed E-state index contributed by atoms with van der Waals surface area (Å²) in [6.45, 7) is 2.47. The molecule has 7 heteroatoms. The van der Waals surface area contributed by atoms with Gasteiger partial charge in [-0.3, -0.25) is 4.79 Å². The first-order valence-corrected chi connectivity index (χ1v) is 11.5. The molecule has 1 amide bonds. The van der Waals surface area contributed by atoms with E-state index in [4.69, 9.17) is 4.74 Å². The number of aryl methyl sites for hydroxylation is 2. The van der Waals surface area contributed by atoms with Crippen molar-refractivity contribution in [3.63, 3.8) is 0 Å². The number of amides is 1. The molecular formula is C20H28N2O4S. The van der Waals surface area contributed by atoms with E-state index < -0.39 is 10.0 Å². The van der Waals surface area contributed by atoms with Gasteiger partial charge in [0.05, 0.1) is 11.0 Å². The van der Waals surface area contributed by atoms with Gasteiger partial charge < -0.3 is 9.64 Å². The van der Waals surface area contributed by atoms with Crippen molar-refractivity contribution in [2.75, 3.05) is 32.8 Å². The van der Waals surface area contributed by atoms with Crippen molar-refractivity contribution >= 4 is 15.9 Å². The largest absolute Gasteiger partial charge is 0.378 e. The zero-order valence-electron chi connectivity index (χ0n) is 15.7. The smallest absolute Gasteiger partial charge is 0.243 e. The van der Waals surface area contributed by atoms with Gasteiger partial charge in [0.2, 0.25) is 15.9 Å². The van der Waals surface area contributed by atoms with Crippen molar-refractivity contribution in [3.05, 3.63) is 29.3 Å². The standard InChI is InChI=1S/C20H28N2O4S/c23-20(9-7-18-5-2-14-26-18)21-10-12-22(13-11-21)27(24,25)19-8-6-16-3-1-4-17(16)15-19/h6,8,15,18H,1-5,7,9-14H2. The quantitative estimate of drug-likeness (QED) is 0.768. The van der Waals surface area contributed by atoms with Crippen LogP contribution in [0.5, 0.6) is 0 Å². The highest BCUT2D eigenvalue weighted by Gasteiger charge is 2.31. The van der Waals surface area contributed by atoms with Gasteiger partial charge in [-0.1, -0.05) is 6.07 Å². The maximum atomic E-state index is 13.0. The van der Waals surface area contributed by atoms with Gasteiger partial charge in [-0.25, -0.2) is 8.42 Å². The second-order valence-corrected chi connectivity index (χ2v) is 9.68. The zero-order chi connectivity index (χ0) is 18.9. The molecule has 0 radical (unpaired) electrons. The maximum Gasteiger partial charge on any atom is 0.243 e. The molecule has 0 spiro atoms. The van der Waals surface area contributed by atoms with Gasteiger partial charge in [0.1, 0.15) is 0 Å². The van der Waals surface area contributed by atoms with Crippen molar-refractivity contribution in [2.45, 2.75) is 55.9 Å². The summed E-state index contributed by atoms with van der Waals surface area (Å²) in [5.74, 6) is 0.111. The predicted molar refractivity (Wildman–Crippen MR) is 102 cm³/mol. The highest BCUT2D eigenvalue weighted by Crippen LogP contribution is 2.27. The molecule has 148 valence electrons. The molecule has 0 saturated carbocycles. The molecule has 3 aliphatic rings. The van der Waals surface area contributed by atoms with Crippen molar-refractivity contribution in [1.82, 2.24) is 9.21 Å². The van der Waals surface area contributed by atoms with Crippen LogP contribution in [0, 0.1) is 0 Å². The molecule has 2 aliphatic heterocycles. The molecule has 0 aromatic heterocycles. The van der Waals surface area contributed by atoms with E-state index in [-0.39, 0.29) is 12.0 Å². The molecule has 1 aromatic carbocycles. The van der Waals surface area contributed by atoms with Crippen LogP contribution in [0.15, 0.2) is 23.1 Å². The number of hydrogen-bond acceptors (Lipinski definition) is 4. The summed E-state index contributed by atoms with van der Waals surface area (Å²) in [6, 6.07) is 5.54. The first-order valence-electron chi connectivity index (χ1n) is 10.1. The molecule has 2 fully saturated rings. The van der Waals surface area contributed by atoms with Crippen LogP contribution in [0.3, 0.4) is 0 Å². The maximum absolute atomic E-state index is 13.0. The summed E-state index contributed by atoms with van der Waals surface area (Å²) >= 11 is 0. The van der Waals surface area contributed by atoms with Crippen LogP contribution in [0.4, 0.5) is 0 Å². The fourth-order valence-corrected chi connectivity index (χ4v) is 5.82. The Balaban J connectivity index is 1.33. The third-order valence-electron chi connectivity index (χ3n) is 6.00. The molecule has 0 N–H and O–H groups in total. The molecule has 1 atom stereocenters. The van der Waals surface area contributed by atoms with E-state index in [0.717, 1.165) is 45.1 Å². The first-order chi connectivity index (χ1) is 13.0. The first kappa shape index (κ1) is 18.9. The van der Waals surface area contributed by atoms with E-state index in [2.05, 4.69) is 0 Å². The summed E-state index contributed by atoms with van der Waals surface area (Å²) in [7, 11) is -3.48. The Morgan fingerprint density at radius 3 is 2.59 bits per heavy atom. The SMILES string of the molecule is O=C(CCC1CCCO1)N1CCN(S(=O)(=O)c2ccc3c(c2)CCC3)CC1. The number of piperazine rings is 1. The van der Waals surface area contributed by atoms with E-state index in [0.29, 0.717) is 37.5 Å². The molecule has 6 nitrogen and oxygen atoms in total. The average Bonchev–Trinajstić information content (AvgIpc) is 3.37. The Kier molecular flexibility index (Phi) is 5.53. The topological polar surface area (TPSA) is 66.9 Å². The molecule has 27 heavy (non-hydrogen) atoms. The Morgan fingerprint density at radius 2 is 1.85 bits per heavy atom. The second-order valence-electron chi connectivity index (χ2n) is 7.74. The van der Waals surface area contributed by atoms with Crippen molar-refractivity contribution in [1.29, 1.82) is 0 Å². The van der Waals surface area contributed by atoms with Crippen LogP contribution >= 0.6 is 0 Å². The third kappa shape index (κ3) is 4.05. The Labute approximate surface area is 161 Å². The average molecular weight is 393 g/mol. The number of benzene rings is 1. The molecule has 4 rings (SSSR count).